The molecule has 24 heavy (non-hydrogen) atoms. The number of alkyl halides is 3. The zero-order chi connectivity index (χ0) is 18.4. The molecule has 2 aromatic carbocycles. The van der Waals surface area contributed by atoms with Crippen LogP contribution in [0.2, 0.25) is 0 Å². The van der Waals surface area contributed by atoms with Gasteiger partial charge in [-0.25, -0.2) is 18.4 Å². The van der Waals surface area contributed by atoms with Crippen molar-refractivity contribution in [2.45, 2.75) is 11.3 Å². The summed E-state index contributed by atoms with van der Waals surface area (Å²) in [5.74, 6) is -2.18. The van der Waals surface area contributed by atoms with Gasteiger partial charge in [-0.1, -0.05) is 30.3 Å². The van der Waals surface area contributed by atoms with E-state index in [0.717, 1.165) is 12.1 Å². The molecule has 130 valence electrons. The summed E-state index contributed by atoms with van der Waals surface area (Å²) in [6.45, 7) is 0. The molecule has 0 aliphatic carbocycles. The molecule has 0 fully saturated rings. The lowest BCUT2D eigenvalue weighted by Crippen LogP contribution is -2.18. The Morgan fingerprint density at radius 2 is 1.50 bits per heavy atom. The van der Waals surface area contributed by atoms with Crippen molar-refractivity contribution in [1.29, 1.82) is 0 Å². The largest absolute Gasteiger partial charge is 0.573 e. The number of hydrogen-bond donors (Lipinski definition) is 2. The maximum absolute atomic E-state index is 11.8. The number of carboxylic acid groups (broad SMARTS) is 1. The molecule has 10 heteroatoms. The molecule has 6 nitrogen and oxygen atoms in total. The molecular weight excluding hydrogens is 351 g/mol. The van der Waals surface area contributed by atoms with Crippen LogP contribution in [0.15, 0.2) is 59.5 Å². The van der Waals surface area contributed by atoms with Crippen LogP contribution in [0.4, 0.5) is 13.2 Å². The van der Waals surface area contributed by atoms with Gasteiger partial charge in [-0.15, -0.1) is 13.2 Å². The van der Waals surface area contributed by atoms with Crippen molar-refractivity contribution in [2.75, 3.05) is 0 Å². The lowest BCUT2D eigenvalue weighted by Gasteiger charge is -2.10. The van der Waals surface area contributed by atoms with Crippen molar-refractivity contribution in [3.05, 3.63) is 60.2 Å². The monoisotopic (exact) mass is 363 g/mol. The molecule has 2 rings (SSSR count). The van der Waals surface area contributed by atoms with Gasteiger partial charge in [-0.2, -0.15) is 0 Å². The number of aromatic carboxylic acids is 1. The fourth-order valence-electron chi connectivity index (χ4n) is 1.47. The van der Waals surface area contributed by atoms with Crippen LogP contribution in [0.1, 0.15) is 10.4 Å². The molecule has 3 N–H and O–H groups in total. The van der Waals surface area contributed by atoms with Crippen LogP contribution in [-0.4, -0.2) is 25.9 Å². The molecule has 0 spiro atoms. The highest BCUT2D eigenvalue weighted by molar-refractivity contribution is 7.89. The van der Waals surface area contributed by atoms with Crippen molar-refractivity contribution >= 4 is 16.0 Å². The highest BCUT2D eigenvalue weighted by Crippen LogP contribution is 2.25. The maximum Gasteiger partial charge on any atom is 0.573 e. The van der Waals surface area contributed by atoms with Gasteiger partial charge in [0.1, 0.15) is 11.3 Å². The standard InChI is InChI=1S/C8H5F3O3.C6H7NO2S/c9-8(10,11)14-6-4-2-1-3-5(6)7(12)13;7-10(8,9)6-4-2-1-3-5-6/h1-4H,(H,12,13);1-5H,(H2,7,8,9). The van der Waals surface area contributed by atoms with Gasteiger partial charge >= 0.3 is 12.3 Å². The first-order valence-electron chi connectivity index (χ1n) is 6.16. The fourth-order valence-corrected chi connectivity index (χ4v) is 2.00. The fraction of sp³-hybridized carbons (Fsp3) is 0.0714. The van der Waals surface area contributed by atoms with Gasteiger partial charge in [0.25, 0.3) is 0 Å². The lowest BCUT2D eigenvalue weighted by atomic mass is 10.2. The van der Waals surface area contributed by atoms with Gasteiger partial charge in [0, 0.05) is 0 Å². The molecule has 0 bridgehead atoms. The Morgan fingerprint density at radius 1 is 1.00 bits per heavy atom. The SMILES string of the molecule is NS(=O)(=O)c1ccccc1.O=C(O)c1ccccc1OC(F)(F)F. The zero-order valence-corrected chi connectivity index (χ0v) is 12.7. The van der Waals surface area contributed by atoms with E-state index in [1.165, 1.54) is 24.3 Å². The molecule has 0 saturated heterocycles. The first kappa shape index (κ1) is 19.5. The van der Waals surface area contributed by atoms with Crippen LogP contribution in [0.5, 0.6) is 5.75 Å². The Labute approximate surface area is 135 Å². The van der Waals surface area contributed by atoms with E-state index in [1.807, 2.05) is 0 Å². The number of carboxylic acids is 1. The first-order valence-corrected chi connectivity index (χ1v) is 7.71. The summed E-state index contributed by atoms with van der Waals surface area (Å²) in [5, 5.41) is 13.3. The minimum atomic E-state index is -4.88. The minimum Gasteiger partial charge on any atom is -0.478 e. The van der Waals surface area contributed by atoms with Crippen molar-refractivity contribution in [3.8, 4) is 5.75 Å². The Kier molecular flexibility index (Phi) is 6.32. The highest BCUT2D eigenvalue weighted by atomic mass is 32.2. The van der Waals surface area contributed by atoms with Crippen LogP contribution in [0, 0.1) is 0 Å². The van der Waals surface area contributed by atoms with Crippen LogP contribution in [0.25, 0.3) is 0 Å². The van der Waals surface area contributed by atoms with Crippen molar-refractivity contribution in [2.24, 2.45) is 5.14 Å². The highest BCUT2D eigenvalue weighted by Gasteiger charge is 2.32. The van der Waals surface area contributed by atoms with Gasteiger partial charge < -0.3 is 9.84 Å². The number of primary sulfonamides is 1. The van der Waals surface area contributed by atoms with Gasteiger partial charge in [-0.05, 0) is 24.3 Å². The summed E-state index contributed by atoms with van der Waals surface area (Å²) < 4.78 is 60.0. The third-order valence-electron chi connectivity index (χ3n) is 2.41. The number of benzene rings is 2. The average molecular weight is 363 g/mol. The molecule has 0 amide bonds. The summed E-state index contributed by atoms with van der Waals surface area (Å²) >= 11 is 0. The smallest absolute Gasteiger partial charge is 0.478 e. The predicted octanol–water partition coefficient (Wildman–Crippen LogP) is 2.62. The van der Waals surface area contributed by atoms with E-state index in [4.69, 9.17) is 10.2 Å². The number of carbonyl (C=O) groups is 1. The number of rotatable bonds is 3. The summed E-state index contributed by atoms with van der Waals surface area (Å²) in [7, 11) is -3.50. The van der Waals surface area contributed by atoms with Crippen molar-refractivity contribution in [3.63, 3.8) is 0 Å². The molecule has 2 aromatic rings. The normalized spacial score (nSPS) is 11.2. The van der Waals surface area contributed by atoms with E-state index in [9.17, 15) is 26.4 Å². The Morgan fingerprint density at radius 3 is 1.92 bits per heavy atom. The van der Waals surface area contributed by atoms with Crippen molar-refractivity contribution < 1.29 is 36.2 Å². The third-order valence-corrected chi connectivity index (χ3v) is 3.34. The van der Waals surface area contributed by atoms with Gasteiger partial charge in [-0.3, -0.25) is 0 Å². The summed E-state index contributed by atoms with van der Waals surface area (Å²) in [5.41, 5.74) is -0.523. The zero-order valence-electron chi connectivity index (χ0n) is 11.9. The minimum absolute atomic E-state index is 0.148. The van der Waals surface area contributed by atoms with E-state index in [0.29, 0.717) is 0 Å². The topological polar surface area (TPSA) is 107 Å². The number of nitrogens with two attached hydrogens (primary N) is 1. The van der Waals surface area contributed by atoms with Crippen LogP contribution in [0.3, 0.4) is 0 Å². The van der Waals surface area contributed by atoms with Gasteiger partial charge in [0.15, 0.2) is 0 Å². The number of hydrogen-bond acceptors (Lipinski definition) is 4. The maximum atomic E-state index is 11.8. The van der Waals surface area contributed by atoms with Crippen LogP contribution in [-0.2, 0) is 10.0 Å². The molecule has 0 saturated carbocycles. The van der Waals surface area contributed by atoms with E-state index in [-0.39, 0.29) is 4.90 Å². The number of ether oxygens (including phenoxy) is 1. The molecule has 0 radical (unpaired) electrons. The number of sulfonamides is 1. The van der Waals surface area contributed by atoms with Crippen molar-refractivity contribution in [1.82, 2.24) is 0 Å². The molecule has 0 aromatic heterocycles. The summed E-state index contributed by atoms with van der Waals surface area (Å²) in [6.07, 6.45) is -4.88. The first-order chi connectivity index (χ1) is 11.0. The molecule has 0 unspecified atom stereocenters. The molecule has 0 heterocycles. The van der Waals surface area contributed by atoms with E-state index >= 15 is 0 Å². The average Bonchev–Trinajstić information content (AvgIpc) is 2.46. The molecule has 0 atom stereocenters. The van der Waals surface area contributed by atoms with E-state index < -0.39 is 33.7 Å². The second-order valence-corrected chi connectivity index (χ2v) is 5.77. The van der Waals surface area contributed by atoms with E-state index in [2.05, 4.69) is 4.74 Å². The molecule has 0 aliphatic rings. The Bertz CT molecular complexity index is 792. The lowest BCUT2D eigenvalue weighted by molar-refractivity contribution is -0.274. The quantitative estimate of drug-likeness (QED) is 0.872. The number of halogens is 3. The third kappa shape index (κ3) is 6.67. The van der Waals surface area contributed by atoms with Gasteiger partial charge in [0.05, 0.1) is 4.90 Å². The van der Waals surface area contributed by atoms with Crippen LogP contribution >= 0.6 is 0 Å². The summed E-state index contributed by atoms with van der Waals surface area (Å²) in [6, 6.07) is 12.4. The predicted molar refractivity (Wildman–Crippen MR) is 77.9 cm³/mol. The second-order valence-electron chi connectivity index (χ2n) is 4.21. The Balaban J connectivity index is 0.000000254. The van der Waals surface area contributed by atoms with E-state index in [1.54, 1.807) is 18.2 Å². The summed E-state index contributed by atoms with van der Waals surface area (Å²) in [4.78, 5) is 10.6. The molecule has 0 aliphatic heterocycles. The number of para-hydroxylation sites is 1. The van der Waals surface area contributed by atoms with Gasteiger partial charge in [0.2, 0.25) is 10.0 Å². The van der Waals surface area contributed by atoms with Crippen LogP contribution < -0.4 is 9.88 Å². The Hall–Kier alpha value is -2.59. The second kappa shape index (κ2) is 7.79. The molecular formula is C14H12F3NO5S.